The average molecular weight is 760 g/mol. The Morgan fingerprint density at radius 2 is 1.20 bits per heavy atom. The van der Waals surface area contributed by atoms with Gasteiger partial charge in [-0.2, -0.15) is 0 Å². The van der Waals surface area contributed by atoms with Crippen molar-refractivity contribution in [2.75, 3.05) is 52.8 Å². The van der Waals surface area contributed by atoms with Crippen LogP contribution in [0.25, 0.3) is 0 Å². The summed E-state index contributed by atoms with van der Waals surface area (Å²) in [6.45, 7) is 12.2. The molecule has 3 atom stereocenters. The molecule has 2 aromatic carbocycles. The summed E-state index contributed by atoms with van der Waals surface area (Å²) in [7, 11) is 0. The molecule has 300 valence electrons. The molecule has 0 saturated carbocycles. The predicted octanol–water partition coefficient (Wildman–Crippen LogP) is 3.42. The molecule has 0 bridgehead atoms. The van der Waals surface area contributed by atoms with Crippen LogP contribution >= 0.6 is 0 Å². The number of benzene rings is 2. The number of hydrogen-bond acceptors (Lipinski definition) is 11. The van der Waals surface area contributed by atoms with E-state index in [9.17, 15) is 29.1 Å². The first-order valence-corrected chi connectivity index (χ1v) is 17.9. The quantitative estimate of drug-likeness (QED) is 0.0901. The Hall–Kier alpha value is -4.57. The van der Waals surface area contributed by atoms with Gasteiger partial charge in [0.15, 0.2) is 6.10 Å². The maximum atomic E-state index is 13.6. The lowest BCUT2D eigenvalue weighted by molar-refractivity contribution is -0.159. The van der Waals surface area contributed by atoms with Crippen molar-refractivity contribution < 1.29 is 57.5 Å². The van der Waals surface area contributed by atoms with Crippen molar-refractivity contribution in [3.8, 4) is 0 Å². The van der Waals surface area contributed by atoms with E-state index < -0.39 is 65.5 Å². The second-order valence-electron chi connectivity index (χ2n) is 14.4. The molecule has 4 N–H and O–H groups in total. The van der Waals surface area contributed by atoms with Gasteiger partial charge in [-0.05, 0) is 37.3 Å². The summed E-state index contributed by atoms with van der Waals surface area (Å²) in [5.74, 6) is -3.01. The molecule has 0 radical (unpaired) electrons. The SMILES string of the molecule is CC(C)(C)OC(=O)N[C@@H](CC(=O)OCc1ccccc1)C(=O)N[C@@H](Cc1ccccc1)C(=O)NCCOCCOCCOCCOC(C(=O)O)C(C)(C)C. The first-order valence-electron chi connectivity index (χ1n) is 17.9. The number of carbonyl (C=O) groups excluding carboxylic acids is 4. The van der Waals surface area contributed by atoms with Gasteiger partial charge in [-0.25, -0.2) is 9.59 Å². The third-order valence-corrected chi connectivity index (χ3v) is 7.35. The number of ether oxygens (including phenoxy) is 6. The third-order valence-electron chi connectivity index (χ3n) is 7.35. The van der Waals surface area contributed by atoms with E-state index in [2.05, 4.69) is 16.0 Å². The van der Waals surface area contributed by atoms with E-state index in [0.717, 1.165) is 11.1 Å². The Morgan fingerprint density at radius 1 is 0.667 bits per heavy atom. The topological polar surface area (TPSA) is 197 Å². The van der Waals surface area contributed by atoms with Gasteiger partial charge in [0.1, 0.15) is 24.3 Å². The highest BCUT2D eigenvalue weighted by atomic mass is 16.6. The number of alkyl carbamates (subject to hydrolysis) is 1. The molecule has 2 aromatic rings. The Labute approximate surface area is 317 Å². The summed E-state index contributed by atoms with van der Waals surface area (Å²) in [5.41, 5.74) is 0.123. The third kappa shape index (κ3) is 20.0. The summed E-state index contributed by atoms with van der Waals surface area (Å²) >= 11 is 0. The fourth-order valence-corrected chi connectivity index (χ4v) is 4.78. The molecule has 0 saturated heterocycles. The monoisotopic (exact) mass is 759 g/mol. The predicted molar refractivity (Wildman–Crippen MR) is 198 cm³/mol. The minimum atomic E-state index is -1.39. The van der Waals surface area contributed by atoms with Crippen LogP contribution < -0.4 is 16.0 Å². The van der Waals surface area contributed by atoms with E-state index in [0.29, 0.717) is 13.2 Å². The van der Waals surface area contributed by atoms with Gasteiger partial charge in [0.05, 0.1) is 52.7 Å². The van der Waals surface area contributed by atoms with Gasteiger partial charge >= 0.3 is 18.0 Å². The van der Waals surface area contributed by atoms with Crippen LogP contribution in [0.3, 0.4) is 0 Å². The number of carbonyl (C=O) groups is 5. The molecule has 0 spiro atoms. The van der Waals surface area contributed by atoms with E-state index in [4.69, 9.17) is 28.4 Å². The number of carboxylic acids is 1. The van der Waals surface area contributed by atoms with Gasteiger partial charge in [-0.3, -0.25) is 14.4 Å². The molecule has 0 heterocycles. The number of nitrogens with one attached hydrogen (secondary N) is 3. The molecule has 54 heavy (non-hydrogen) atoms. The van der Waals surface area contributed by atoms with Crippen LogP contribution in [-0.4, -0.2) is 112 Å². The second-order valence-corrected chi connectivity index (χ2v) is 14.4. The molecule has 3 amide bonds. The first kappa shape index (κ1) is 45.6. The number of rotatable bonds is 24. The molecule has 15 heteroatoms. The molecule has 0 aliphatic rings. The standard InChI is InChI=1S/C39H57N3O12/c1-38(2,3)33(36(46)47)52-24-23-51-22-21-50-20-19-49-18-17-40-34(44)30(25-28-13-9-7-10-14-28)41-35(45)31(42-37(48)54-39(4,5)6)26-32(43)53-27-29-15-11-8-12-16-29/h7-16,30-31,33H,17-27H2,1-6H3,(H,40,44)(H,41,45)(H,42,48)(H,46,47)/t30-,31-,33?/m0/s1. The molecule has 1 unspecified atom stereocenters. The van der Waals surface area contributed by atoms with Gasteiger partial charge in [-0.15, -0.1) is 0 Å². The first-order chi connectivity index (χ1) is 25.5. The molecular formula is C39H57N3O12. The zero-order chi connectivity index (χ0) is 40.0. The van der Waals surface area contributed by atoms with Crippen LogP contribution in [0.5, 0.6) is 0 Å². The normalized spacial score (nSPS) is 13.2. The zero-order valence-corrected chi connectivity index (χ0v) is 32.2. The lowest BCUT2D eigenvalue weighted by atomic mass is 9.89. The Kier molecular flexibility index (Phi) is 20.2. The minimum absolute atomic E-state index is 0.0200. The Balaban J connectivity index is 1.85. The van der Waals surface area contributed by atoms with Gasteiger partial charge in [0.2, 0.25) is 11.8 Å². The van der Waals surface area contributed by atoms with E-state index in [1.807, 2.05) is 36.4 Å². The minimum Gasteiger partial charge on any atom is -0.479 e. The highest BCUT2D eigenvalue weighted by molar-refractivity contribution is 5.93. The lowest BCUT2D eigenvalue weighted by Gasteiger charge is -2.26. The number of carboxylic acid groups (broad SMARTS) is 1. The van der Waals surface area contributed by atoms with Gasteiger partial charge in [0.25, 0.3) is 0 Å². The molecular weight excluding hydrogens is 702 g/mol. The summed E-state index contributed by atoms with van der Waals surface area (Å²) in [4.78, 5) is 63.7. The van der Waals surface area contributed by atoms with Crippen LogP contribution in [0.1, 0.15) is 59.1 Å². The summed E-state index contributed by atoms with van der Waals surface area (Å²) in [5, 5.41) is 17.2. The van der Waals surface area contributed by atoms with Gasteiger partial charge in [-0.1, -0.05) is 81.4 Å². The van der Waals surface area contributed by atoms with Crippen molar-refractivity contribution in [1.82, 2.24) is 16.0 Å². The number of amides is 3. The highest BCUT2D eigenvalue weighted by Gasteiger charge is 2.32. The fourth-order valence-electron chi connectivity index (χ4n) is 4.78. The lowest BCUT2D eigenvalue weighted by Crippen LogP contribution is -2.55. The fraction of sp³-hybridized carbons (Fsp3) is 0.564. The smallest absolute Gasteiger partial charge is 0.408 e. The summed E-state index contributed by atoms with van der Waals surface area (Å²) in [6.07, 6.45) is -2.21. The summed E-state index contributed by atoms with van der Waals surface area (Å²) in [6, 6.07) is 15.6. The van der Waals surface area contributed by atoms with Crippen molar-refractivity contribution in [1.29, 1.82) is 0 Å². The van der Waals surface area contributed by atoms with Gasteiger partial charge < -0.3 is 49.5 Å². The molecule has 0 aliphatic carbocycles. The zero-order valence-electron chi connectivity index (χ0n) is 32.2. The van der Waals surface area contributed by atoms with Crippen LogP contribution in [0, 0.1) is 5.41 Å². The highest BCUT2D eigenvalue weighted by Crippen LogP contribution is 2.22. The van der Waals surface area contributed by atoms with Crippen molar-refractivity contribution >= 4 is 29.8 Å². The molecule has 15 nitrogen and oxygen atoms in total. The van der Waals surface area contributed by atoms with Crippen molar-refractivity contribution in [3.05, 3.63) is 71.8 Å². The number of hydrogen-bond donors (Lipinski definition) is 4. The molecule has 0 aliphatic heterocycles. The maximum Gasteiger partial charge on any atom is 0.408 e. The van der Waals surface area contributed by atoms with Crippen LogP contribution in [0.4, 0.5) is 4.79 Å². The van der Waals surface area contributed by atoms with Crippen molar-refractivity contribution in [3.63, 3.8) is 0 Å². The number of esters is 1. The summed E-state index contributed by atoms with van der Waals surface area (Å²) < 4.78 is 32.6. The Morgan fingerprint density at radius 3 is 1.74 bits per heavy atom. The number of aliphatic carboxylic acids is 1. The van der Waals surface area contributed by atoms with Crippen LogP contribution in [0.2, 0.25) is 0 Å². The van der Waals surface area contributed by atoms with Crippen molar-refractivity contribution in [2.45, 2.75) is 84.8 Å². The van der Waals surface area contributed by atoms with Crippen LogP contribution in [-0.2, 0) is 60.6 Å². The van der Waals surface area contributed by atoms with E-state index >= 15 is 0 Å². The second kappa shape index (κ2) is 24.0. The molecule has 2 rings (SSSR count). The van der Waals surface area contributed by atoms with Crippen molar-refractivity contribution in [2.24, 2.45) is 5.41 Å². The average Bonchev–Trinajstić information content (AvgIpc) is 3.09. The van der Waals surface area contributed by atoms with Gasteiger partial charge in [0, 0.05) is 13.0 Å². The Bertz CT molecular complexity index is 1430. The molecule has 0 fully saturated rings. The largest absolute Gasteiger partial charge is 0.479 e. The molecule has 0 aromatic heterocycles. The van der Waals surface area contributed by atoms with E-state index in [1.54, 1.807) is 65.8 Å². The van der Waals surface area contributed by atoms with E-state index in [1.165, 1.54) is 0 Å². The van der Waals surface area contributed by atoms with E-state index in [-0.39, 0.29) is 52.6 Å². The maximum absolute atomic E-state index is 13.6. The van der Waals surface area contributed by atoms with Crippen LogP contribution in [0.15, 0.2) is 60.7 Å².